The summed E-state index contributed by atoms with van der Waals surface area (Å²) in [4.78, 5) is 10.3. The summed E-state index contributed by atoms with van der Waals surface area (Å²) in [5.74, 6) is 0.710. The second-order valence-corrected chi connectivity index (χ2v) is 14.0. The summed E-state index contributed by atoms with van der Waals surface area (Å²) in [6, 6.07) is 65.1. The molecule has 3 heteroatoms. The van der Waals surface area contributed by atoms with Crippen molar-refractivity contribution in [2.45, 2.75) is 0 Å². The molecule has 0 bridgehead atoms. The minimum Gasteiger partial charge on any atom is -0.228 e. The molecule has 0 N–H and O–H groups in total. The molecule has 10 aromatic rings. The van der Waals surface area contributed by atoms with E-state index in [0.29, 0.717) is 5.82 Å². The molecule has 0 aliphatic carbocycles. The van der Waals surface area contributed by atoms with E-state index < -0.39 is 0 Å². The molecular weight excluding hydrogens is 637 g/mol. The highest BCUT2D eigenvalue weighted by Gasteiger charge is 2.18. The van der Waals surface area contributed by atoms with Crippen molar-refractivity contribution < 1.29 is 0 Å². The monoisotopic (exact) mass is 666 g/mol. The van der Waals surface area contributed by atoms with Crippen LogP contribution in [-0.4, -0.2) is 9.97 Å². The van der Waals surface area contributed by atoms with Crippen molar-refractivity contribution in [1.82, 2.24) is 9.97 Å². The average Bonchev–Trinajstić information content (AvgIpc) is 3.60. The highest BCUT2D eigenvalue weighted by atomic mass is 32.1. The van der Waals surface area contributed by atoms with E-state index in [9.17, 15) is 0 Å². The number of fused-ring (bicyclic) bond motifs is 7. The van der Waals surface area contributed by atoms with Gasteiger partial charge in [-0.1, -0.05) is 146 Å². The van der Waals surface area contributed by atoms with E-state index in [0.717, 1.165) is 39.2 Å². The van der Waals surface area contributed by atoms with Crippen LogP contribution in [0.25, 0.3) is 97.9 Å². The van der Waals surface area contributed by atoms with E-state index in [-0.39, 0.29) is 0 Å². The van der Waals surface area contributed by atoms with Gasteiger partial charge in [0, 0.05) is 36.9 Å². The van der Waals surface area contributed by atoms with Crippen LogP contribution in [0.1, 0.15) is 0 Å². The molecule has 0 spiro atoms. The van der Waals surface area contributed by atoms with Gasteiger partial charge in [0.25, 0.3) is 0 Å². The van der Waals surface area contributed by atoms with Gasteiger partial charge in [-0.3, -0.25) is 0 Å². The van der Waals surface area contributed by atoms with Crippen LogP contribution in [0.2, 0.25) is 0 Å². The molecule has 8 aromatic carbocycles. The van der Waals surface area contributed by atoms with Gasteiger partial charge in [-0.2, -0.15) is 0 Å². The Morgan fingerprint density at radius 3 is 1.69 bits per heavy atom. The molecule has 0 radical (unpaired) electrons. The zero-order valence-corrected chi connectivity index (χ0v) is 28.4. The second-order valence-electron chi connectivity index (χ2n) is 13.0. The fourth-order valence-corrected chi connectivity index (χ4v) is 8.60. The lowest BCUT2D eigenvalue weighted by Crippen LogP contribution is -1.96. The van der Waals surface area contributed by atoms with Crippen LogP contribution in [0.4, 0.5) is 0 Å². The van der Waals surface area contributed by atoms with Gasteiger partial charge in [-0.25, -0.2) is 9.97 Å². The van der Waals surface area contributed by atoms with E-state index in [4.69, 9.17) is 9.97 Å². The number of hydrogen-bond acceptors (Lipinski definition) is 3. The summed E-state index contributed by atoms with van der Waals surface area (Å²) in [5.41, 5.74) is 9.58. The smallest absolute Gasteiger partial charge is 0.160 e. The molecule has 0 aliphatic heterocycles. The third kappa shape index (κ3) is 5.18. The first kappa shape index (κ1) is 29.5. The van der Waals surface area contributed by atoms with E-state index in [1.54, 1.807) is 0 Å². The maximum Gasteiger partial charge on any atom is 0.160 e. The molecule has 0 fully saturated rings. The van der Waals surface area contributed by atoms with E-state index >= 15 is 0 Å². The number of rotatable bonds is 5. The van der Waals surface area contributed by atoms with Gasteiger partial charge in [0.05, 0.1) is 11.4 Å². The molecule has 0 amide bonds. The van der Waals surface area contributed by atoms with Gasteiger partial charge < -0.3 is 0 Å². The van der Waals surface area contributed by atoms with Crippen LogP contribution >= 0.6 is 11.3 Å². The first-order valence-corrected chi connectivity index (χ1v) is 18.1. The van der Waals surface area contributed by atoms with Crippen LogP contribution in [-0.2, 0) is 0 Å². The molecule has 0 aliphatic rings. The Morgan fingerprint density at radius 2 is 0.922 bits per heavy atom. The normalized spacial score (nSPS) is 11.5. The molecule has 51 heavy (non-hydrogen) atoms. The first-order valence-electron chi connectivity index (χ1n) is 17.2. The molecule has 2 nitrogen and oxygen atoms in total. The summed E-state index contributed by atoms with van der Waals surface area (Å²) >= 11 is 1.87. The van der Waals surface area contributed by atoms with Crippen molar-refractivity contribution in [2.24, 2.45) is 0 Å². The first-order chi connectivity index (χ1) is 25.3. The number of thiophene rings is 1. The molecule has 0 atom stereocenters. The molecule has 0 unspecified atom stereocenters. The quantitative estimate of drug-likeness (QED) is 0.171. The fraction of sp³-hybridized carbons (Fsp3) is 0. The Labute approximate surface area is 300 Å². The highest BCUT2D eigenvalue weighted by Crippen LogP contribution is 2.46. The Morgan fingerprint density at radius 1 is 0.333 bits per heavy atom. The van der Waals surface area contributed by atoms with Gasteiger partial charge in [-0.15, -0.1) is 11.3 Å². The molecular formula is C48H30N2S. The van der Waals surface area contributed by atoms with Crippen LogP contribution in [0.15, 0.2) is 182 Å². The maximum absolute atomic E-state index is 5.25. The summed E-state index contributed by atoms with van der Waals surface area (Å²) in [7, 11) is 0. The van der Waals surface area contributed by atoms with Crippen molar-refractivity contribution in [1.29, 1.82) is 0 Å². The number of aromatic nitrogens is 2. The van der Waals surface area contributed by atoms with Gasteiger partial charge in [0.1, 0.15) is 0 Å². The Bertz CT molecular complexity index is 2840. The predicted molar refractivity (Wildman–Crippen MR) is 217 cm³/mol. The zero-order chi connectivity index (χ0) is 33.7. The lowest BCUT2D eigenvalue weighted by atomic mass is 9.89. The minimum absolute atomic E-state index is 0.710. The summed E-state index contributed by atoms with van der Waals surface area (Å²) in [5, 5.41) is 7.69. The Hall–Kier alpha value is -6.42. The Kier molecular flexibility index (Phi) is 7.04. The Balaban J connectivity index is 1.29. The lowest BCUT2D eigenvalue weighted by Gasteiger charge is -2.16. The standard InChI is InChI=1S/C48H30N2S/c1-4-14-31(15-5-1)35-26-36(28-37(27-35)43-30-42(33-17-6-2-7-18-33)49-48(50-43)34-19-8-3-9-20-34)41-29-45-47(39-22-12-13-23-44(39)51-45)40-25-24-32-16-10-11-21-38(32)46(40)41/h1-30H. The number of hydrogen-bond donors (Lipinski definition) is 0. The largest absolute Gasteiger partial charge is 0.228 e. The maximum atomic E-state index is 5.25. The third-order valence-corrected chi connectivity index (χ3v) is 11.0. The van der Waals surface area contributed by atoms with Gasteiger partial charge in [-0.05, 0) is 80.2 Å². The third-order valence-electron chi connectivity index (χ3n) is 9.84. The van der Waals surface area contributed by atoms with Crippen molar-refractivity contribution in [3.8, 4) is 56.2 Å². The average molecular weight is 667 g/mol. The SMILES string of the molecule is c1ccc(-c2cc(-c3cc(-c4ccccc4)nc(-c4ccccc4)n3)cc(-c3cc4sc5ccccc5c4c4ccc5ccccc5c34)c2)cc1. The van der Waals surface area contributed by atoms with Gasteiger partial charge >= 0.3 is 0 Å². The molecule has 0 saturated heterocycles. The van der Waals surface area contributed by atoms with Crippen LogP contribution in [0.5, 0.6) is 0 Å². The van der Waals surface area contributed by atoms with Crippen molar-refractivity contribution in [3.63, 3.8) is 0 Å². The summed E-state index contributed by atoms with van der Waals surface area (Å²) < 4.78 is 2.60. The molecule has 2 aromatic heterocycles. The summed E-state index contributed by atoms with van der Waals surface area (Å²) in [6.45, 7) is 0. The van der Waals surface area contributed by atoms with Crippen LogP contribution in [0.3, 0.4) is 0 Å². The molecule has 0 saturated carbocycles. The van der Waals surface area contributed by atoms with Crippen LogP contribution in [0, 0.1) is 0 Å². The minimum atomic E-state index is 0.710. The number of nitrogens with zero attached hydrogens (tertiary/aromatic N) is 2. The molecule has 238 valence electrons. The summed E-state index contributed by atoms with van der Waals surface area (Å²) in [6.07, 6.45) is 0. The molecule has 2 heterocycles. The topological polar surface area (TPSA) is 25.8 Å². The van der Waals surface area contributed by atoms with Crippen LogP contribution < -0.4 is 0 Å². The predicted octanol–water partition coefficient (Wildman–Crippen LogP) is 13.5. The second kappa shape index (κ2) is 12.2. The van der Waals surface area contributed by atoms with E-state index in [2.05, 4.69) is 158 Å². The fourth-order valence-electron chi connectivity index (χ4n) is 7.44. The van der Waals surface area contributed by atoms with Gasteiger partial charge in [0.15, 0.2) is 5.82 Å². The van der Waals surface area contributed by atoms with E-state index in [1.807, 2.05) is 35.6 Å². The zero-order valence-electron chi connectivity index (χ0n) is 27.6. The van der Waals surface area contributed by atoms with Gasteiger partial charge in [0.2, 0.25) is 0 Å². The van der Waals surface area contributed by atoms with E-state index in [1.165, 1.54) is 52.8 Å². The van der Waals surface area contributed by atoms with Crippen molar-refractivity contribution in [2.75, 3.05) is 0 Å². The van der Waals surface area contributed by atoms with Crippen molar-refractivity contribution >= 4 is 53.1 Å². The lowest BCUT2D eigenvalue weighted by molar-refractivity contribution is 1.18. The molecule has 10 rings (SSSR count). The highest BCUT2D eigenvalue weighted by molar-refractivity contribution is 7.26. The van der Waals surface area contributed by atoms with Crippen molar-refractivity contribution in [3.05, 3.63) is 182 Å². The number of benzene rings is 8.